The predicted octanol–water partition coefficient (Wildman–Crippen LogP) is 1.42. The fraction of sp³-hybridized carbons (Fsp3) is 0.455. The van der Waals surface area contributed by atoms with Gasteiger partial charge in [-0.15, -0.1) is 11.8 Å². The van der Waals surface area contributed by atoms with Gasteiger partial charge in [0.1, 0.15) is 5.75 Å². The summed E-state index contributed by atoms with van der Waals surface area (Å²) in [6.45, 7) is 2.31. The van der Waals surface area contributed by atoms with Crippen molar-refractivity contribution < 1.29 is 9.84 Å². The van der Waals surface area contributed by atoms with Crippen LogP contribution in [0.15, 0.2) is 23.1 Å². The highest BCUT2D eigenvalue weighted by Gasteiger charge is 2.04. The van der Waals surface area contributed by atoms with E-state index in [4.69, 9.17) is 10.5 Å². The van der Waals surface area contributed by atoms with Gasteiger partial charge in [0.2, 0.25) is 0 Å². The predicted molar refractivity (Wildman–Crippen MR) is 63.5 cm³/mol. The summed E-state index contributed by atoms with van der Waals surface area (Å²) in [4.78, 5) is 1.13. The van der Waals surface area contributed by atoms with Gasteiger partial charge in [-0.1, -0.05) is 0 Å². The summed E-state index contributed by atoms with van der Waals surface area (Å²) in [7, 11) is 1.66. The van der Waals surface area contributed by atoms with Crippen molar-refractivity contribution in [3.63, 3.8) is 0 Å². The van der Waals surface area contributed by atoms with Gasteiger partial charge in [0.05, 0.1) is 13.2 Å². The second-order valence-electron chi connectivity index (χ2n) is 3.33. The molecule has 0 aromatic heterocycles. The minimum Gasteiger partial charge on any atom is -0.496 e. The number of methoxy groups -OCH3 is 1. The van der Waals surface area contributed by atoms with Crippen molar-refractivity contribution in [1.29, 1.82) is 0 Å². The number of rotatable bonds is 5. The molecule has 0 aliphatic carbocycles. The van der Waals surface area contributed by atoms with Gasteiger partial charge in [-0.3, -0.25) is 0 Å². The van der Waals surface area contributed by atoms with E-state index < -0.39 is 6.10 Å². The van der Waals surface area contributed by atoms with Gasteiger partial charge in [-0.25, -0.2) is 0 Å². The molecule has 15 heavy (non-hydrogen) atoms. The minimum atomic E-state index is -0.433. The van der Waals surface area contributed by atoms with Crippen LogP contribution in [0, 0.1) is 6.92 Å². The summed E-state index contributed by atoms with van der Waals surface area (Å²) in [6.07, 6.45) is -0.433. The lowest BCUT2D eigenvalue weighted by molar-refractivity contribution is 0.208. The molecule has 0 aliphatic rings. The van der Waals surface area contributed by atoms with Crippen molar-refractivity contribution >= 4 is 11.8 Å². The van der Waals surface area contributed by atoms with E-state index in [0.717, 1.165) is 16.2 Å². The molecule has 0 amide bonds. The quantitative estimate of drug-likeness (QED) is 0.747. The Morgan fingerprint density at radius 1 is 1.53 bits per heavy atom. The average Bonchev–Trinajstić information content (AvgIpc) is 2.26. The second kappa shape index (κ2) is 6.00. The average molecular weight is 227 g/mol. The Labute approximate surface area is 94.6 Å². The molecule has 1 aromatic rings. The third-order valence-electron chi connectivity index (χ3n) is 2.08. The van der Waals surface area contributed by atoms with E-state index in [1.165, 1.54) is 0 Å². The van der Waals surface area contributed by atoms with Crippen molar-refractivity contribution in [2.24, 2.45) is 5.73 Å². The molecule has 1 rings (SSSR count). The number of aliphatic hydroxyl groups excluding tert-OH is 1. The molecule has 1 unspecified atom stereocenters. The van der Waals surface area contributed by atoms with Crippen LogP contribution in [0.2, 0.25) is 0 Å². The van der Waals surface area contributed by atoms with Gasteiger partial charge in [0.15, 0.2) is 0 Å². The van der Waals surface area contributed by atoms with Crippen LogP contribution in [0.3, 0.4) is 0 Å². The van der Waals surface area contributed by atoms with Gasteiger partial charge in [-0.2, -0.15) is 0 Å². The van der Waals surface area contributed by atoms with E-state index in [1.54, 1.807) is 18.9 Å². The molecule has 3 nitrogen and oxygen atoms in total. The summed E-state index contributed by atoms with van der Waals surface area (Å²) in [5.74, 6) is 1.51. The van der Waals surface area contributed by atoms with Crippen LogP contribution in [-0.4, -0.2) is 30.6 Å². The number of hydrogen-bond acceptors (Lipinski definition) is 4. The van der Waals surface area contributed by atoms with Gasteiger partial charge in [-0.05, 0) is 30.7 Å². The maximum Gasteiger partial charge on any atom is 0.121 e. The van der Waals surface area contributed by atoms with Crippen LogP contribution in [0.25, 0.3) is 0 Å². The normalized spacial score (nSPS) is 12.5. The molecular weight excluding hydrogens is 210 g/mol. The molecule has 84 valence electrons. The van der Waals surface area contributed by atoms with Crippen molar-refractivity contribution in [2.75, 3.05) is 19.4 Å². The van der Waals surface area contributed by atoms with E-state index in [0.29, 0.717) is 12.3 Å². The van der Waals surface area contributed by atoms with Crippen LogP contribution in [-0.2, 0) is 0 Å². The van der Waals surface area contributed by atoms with E-state index in [-0.39, 0.29) is 0 Å². The van der Waals surface area contributed by atoms with Gasteiger partial charge in [0.25, 0.3) is 0 Å². The number of aliphatic hydroxyl groups is 1. The van der Waals surface area contributed by atoms with Crippen LogP contribution >= 0.6 is 11.8 Å². The molecule has 0 aliphatic heterocycles. The van der Waals surface area contributed by atoms with E-state index in [2.05, 4.69) is 0 Å². The minimum absolute atomic E-state index is 0.308. The SMILES string of the molecule is COc1ccc(SCC(O)CN)cc1C. The number of aryl methyl sites for hydroxylation is 1. The zero-order valence-electron chi connectivity index (χ0n) is 9.06. The molecule has 0 radical (unpaired) electrons. The standard InChI is InChI=1S/C11H17NO2S/c1-8-5-10(3-4-11(8)14-2)15-7-9(13)6-12/h3-5,9,13H,6-7,12H2,1-2H3. The van der Waals surface area contributed by atoms with Gasteiger partial charge < -0.3 is 15.6 Å². The zero-order valence-corrected chi connectivity index (χ0v) is 9.88. The molecule has 1 atom stereocenters. The molecule has 0 saturated heterocycles. The maximum atomic E-state index is 9.32. The molecule has 0 heterocycles. The van der Waals surface area contributed by atoms with Crippen molar-refractivity contribution in [1.82, 2.24) is 0 Å². The van der Waals surface area contributed by atoms with Crippen molar-refractivity contribution in [3.8, 4) is 5.75 Å². The first kappa shape index (κ1) is 12.4. The second-order valence-corrected chi connectivity index (χ2v) is 4.43. The number of benzene rings is 1. The Morgan fingerprint density at radius 2 is 2.27 bits per heavy atom. The monoisotopic (exact) mass is 227 g/mol. The fourth-order valence-electron chi connectivity index (χ4n) is 1.20. The van der Waals surface area contributed by atoms with Crippen molar-refractivity contribution in [2.45, 2.75) is 17.9 Å². The van der Waals surface area contributed by atoms with Crippen LogP contribution in [0.1, 0.15) is 5.56 Å². The van der Waals surface area contributed by atoms with Gasteiger partial charge >= 0.3 is 0 Å². The molecule has 3 N–H and O–H groups in total. The topological polar surface area (TPSA) is 55.5 Å². The lowest BCUT2D eigenvalue weighted by Crippen LogP contribution is -2.21. The molecule has 0 bridgehead atoms. The summed E-state index contributed by atoms with van der Waals surface area (Å²) < 4.78 is 5.17. The Morgan fingerprint density at radius 3 is 2.80 bits per heavy atom. The first-order chi connectivity index (χ1) is 7.17. The maximum absolute atomic E-state index is 9.32. The third-order valence-corrected chi connectivity index (χ3v) is 3.22. The largest absolute Gasteiger partial charge is 0.496 e. The van der Waals surface area contributed by atoms with Crippen molar-refractivity contribution in [3.05, 3.63) is 23.8 Å². The molecule has 0 fully saturated rings. The highest BCUT2D eigenvalue weighted by atomic mass is 32.2. The van der Waals surface area contributed by atoms with Crippen LogP contribution < -0.4 is 10.5 Å². The Balaban J connectivity index is 2.59. The molecule has 0 saturated carbocycles. The molecular formula is C11H17NO2S. The molecule has 0 spiro atoms. The summed E-state index contributed by atoms with van der Waals surface area (Å²) in [5.41, 5.74) is 6.43. The molecule has 1 aromatic carbocycles. The first-order valence-electron chi connectivity index (χ1n) is 4.83. The fourth-order valence-corrected chi connectivity index (χ4v) is 2.15. The van der Waals surface area contributed by atoms with E-state index in [9.17, 15) is 5.11 Å². The smallest absolute Gasteiger partial charge is 0.121 e. The third kappa shape index (κ3) is 3.74. The van der Waals surface area contributed by atoms with Gasteiger partial charge in [0, 0.05) is 17.2 Å². The Kier molecular flexibility index (Phi) is 4.94. The number of nitrogens with two attached hydrogens (primary N) is 1. The lowest BCUT2D eigenvalue weighted by atomic mass is 10.2. The highest BCUT2D eigenvalue weighted by molar-refractivity contribution is 7.99. The summed E-state index contributed by atoms with van der Waals surface area (Å²) >= 11 is 1.60. The first-order valence-corrected chi connectivity index (χ1v) is 5.81. The highest BCUT2D eigenvalue weighted by Crippen LogP contribution is 2.25. The molecule has 4 heteroatoms. The summed E-state index contributed by atoms with van der Waals surface area (Å²) in [5, 5.41) is 9.32. The number of ether oxygens (including phenoxy) is 1. The summed E-state index contributed by atoms with van der Waals surface area (Å²) in [6, 6.07) is 5.97. The van der Waals surface area contributed by atoms with Crippen LogP contribution in [0.4, 0.5) is 0 Å². The van der Waals surface area contributed by atoms with E-state index in [1.807, 2.05) is 25.1 Å². The lowest BCUT2D eigenvalue weighted by Gasteiger charge is -2.09. The number of thioether (sulfide) groups is 1. The Hall–Kier alpha value is -0.710. The van der Waals surface area contributed by atoms with E-state index >= 15 is 0 Å². The zero-order chi connectivity index (χ0) is 11.3. The van der Waals surface area contributed by atoms with Crippen LogP contribution in [0.5, 0.6) is 5.75 Å². The number of hydrogen-bond donors (Lipinski definition) is 2. The Bertz CT molecular complexity index is 317.